The van der Waals surface area contributed by atoms with Gasteiger partial charge < -0.3 is 0 Å². The van der Waals surface area contributed by atoms with Gasteiger partial charge in [-0.05, 0) is 19.2 Å². The fourth-order valence-corrected chi connectivity index (χ4v) is 1.24. The Bertz CT molecular complexity index is 329. The zero-order chi connectivity index (χ0) is 11.1. The van der Waals surface area contributed by atoms with E-state index in [1.807, 2.05) is 32.9 Å². The number of halogens is 1. The zero-order valence-corrected chi connectivity index (χ0v) is 9.73. The molecule has 0 amide bonds. The van der Waals surface area contributed by atoms with Crippen LogP contribution in [0.4, 0.5) is 5.69 Å². The lowest BCUT2D eigenvalue weighted by Crippen LogP contribution is -1.80. The Morgan fingerprint density at radius 3 is 2.36 bits per heavy atom. The van der Waals surface area contributed by atoms with Crippen molar-refractivity contribution >= 4 is 30.1 Å². The van der Waals surface area contributed by atoms with Crippen LogP contribution in [0.2, 0.25) is 5.02 Å². The van der Waals surface area contributed by atoms with Gasteiger partial charge in [-0.3, -0.25) is 4.99 Å². The van der Waals surface area contributed by atoms with Gasteiger partial charge in [0.2, 0.25) is 0 Å². The van der Waals surface area contributed by atoms with Crippen LogP contribution in [0.15, 0.2) is 23.7 Å². The Morgan fingerprint density at radius 2 is 1.93 bits per heavy atom. The lowest BCUT2D eigenvalue weighted by Gasteiger charge is -2.04. The summed E-state index contributed by atoms with van der Waals surface area (Å²) in [7, 11) is 0. The molecule has 0 aliphatic rings. The van der Waals surface area contributed by atoms with Crippen molar-refractivity contribution in [1.29, 1.82) is 0 Å². The highest BCUT2D eigenvalue weighted by Gasteiger charge is 2.04. The first-order valence-electron chi connectivity index (χ1n) is 4.59. The average molecular weight is 210 g/mol. The molecule has 0 N–H and O–H groups in total. The first-order valence-corrected chi connectivity index (χ1v) is 4.96. The van der Waals surface area contributed by atoms with Crippen molar-refractivity contribution < 1.29 is 0 Å². The topological polar surface area (TPSA) is 12.4 Å². The van der Waals surface area contributed by atoms with Crippen LogP contribution in [0.25, 0.3) is 6.08 Å². The van der Waals surface area contributed by atoms with Gasteiger partial charge >= 0.3 is 0 Å². The zero-order valence-electron chi connectivity index (χ0n) is 8.97. The van der Waals surface area contributed by atoms with Crippen LogP contribution >= 0.6 is 11.6 Å². The third kappa shape index (κ3) is 2.71. The van der Waals surface area contributed by atoms with Crippen molar-refractivity contribution in [3.63, 3.8) is 0 Å². The number of rotatable bonds is 2. The lowest BCUT2D eigenvalue weighted by molar-refractivity contribution is 1.42. The van der Waals surface area contributed by atoms with Gasteiger partial charge in [0.1, 0.15) is 0 Å². The van der Waals surface area contributed by atoms with Crippen LogP contribution in [0, 0.1) is 6.92 Å². The van der Waals surface area contributed by atoms with Gasteiger partial charge in [-0.1, -0.05) is 50.2 Å². The second-order valence-corrected chi connectivity index (χ2v) is 2.87. The monoisotopic (exact) mass is 209 g/mol. The molecule has 0 aliphatic carbocycles. The molecule has 0 aliphatic heterocycles. The number of benzene rings is 1. The van der Waals surface area contributed by atoms with Crippen molar-refractivity contribution in [3.05, 3.63) is 34.9 Å². The highest BCUT2D eigenvalue weighted by atomic mass is 35.5. The van der Waals surface area contributed by atoms with E-state index in [4.69, 9.17) is 11.6 Å². The third-order valence-corrected chi connectivity index (χ3v) is 2.20. The fourth-order valence-electron chi connectivity index (χ4n) is 1.01. The van der Waals surface area contributed by atoms with Crippen LogP contribution in [-0.2, 0) is 0 Å². The molecule has 0 unspecified atom stereocenters. The van der Waals surface area contributed by atoms with E-state index in [-0.39, 0.29) is 0 Å². The third-order valence-electron chi connectivity index (χ3n) is 1.72. The average Bonchev–Trinajstić information content (AvgIpc) is 2.24. The minimum absolute atomic E-state index is 0.655. The molecule has 2 heteroatoms. The summed E-state index contributed by atoms with van der Waals surface area (Å²) in [5.41, 5.74) is 2.64. The van der Waals surface area contributed by atoms with Crippen LogP contribution in [0.3, 0.4) is 0 Å². The molecule has 0 heterocycles. The summed E-state index contributed by atoms with van der Waals surface area (Å²) in [5.74, 6) is 0. The quantitative estimate of drug-likeness (QED) is 0.629. The second kappa shape index (κ2) is 6.39. The van der Waals surface area contributed by atoms with Gasteiger partial charge in [-0.15, -0.1) is 0 Å². The summed E-state index contributed by atoms with van der Waals surface area (Å²) in [4.78, 5) is 3.85. The van der Waals surface area contributed by atoms with E-state index in [2.05, 4.69) is 18.3 Å². The maximum atomic E-state index is 6.00. The van der Waals surface area contributed by atoms with Crippen molar-refractivity contribution in [2.75, 3.05) is 0 Å². The number of hydrogen-bond acceptors (Lipinski definition) is 1. The van der Waals surface area contributed by atoms with Crippen molar-refractivity contribution in [2.24, 2.45) is 4.99 Å². The molecular formula is C12H16ClN. The van der Waals surface area contributed by atoms with Gasteiger partial charge in [0.25, 0.3) is 0 Å². The molecular weight excluding hydrogens is 194 g/mol. The number of hydrogen-bond donors (Lipinski definition) is 0. The molecule has 1 rings (SSSR count). The van der Waals surface area contributed by atoms with Gasteiger partial charge in [-0.2, -0.15) is 0 Å². The molecule has 0 aromatic heterocycles. The Labute approximate surface area is 91.1 Å². The normalized spacial score (nSPS) is 8.57. The summed E-state index contributed by atoms with van der Waals surface area (Å²) >= 11 is 6.00. The number of aliphatic imine (C=N–C) groups is 1. The molecule has 0 fully saturated rings. The van der Waals surface area contributed by atoms with Crippen molar-refractivity contribution in [1.82, 2.24) is 0 Å². The SMILES string of the molecule is C=Cc1ccc(C)c(Cl)c1N=C.CC. The molecule has 14 heavy (non-hydrogen) atoms. The van der Waals surface area contributed by atoms with E-state index in [9.17, 15) is 0 Å². The summed E-state index contributed by atoms with van der Waals surface area (Å²) in [6, 6.07) is 3.87. The van der Waals surface area contributed by atoms with E-state index in [1.165, 1.54) is 0 Å². The Balaban J connectivity index is 0.000000791. The van der Waals surface area contributed by atoms with Crippen molar-refractivity contribution in [2.45, 2.75) is 20.8 Å². The molecule has 76 valence electrons. The Morgan fingerprint density at radius 1 is 1.36 bits per heavy atom. The van der Waals surface area contributed by atoms with E-state index >= 15 is 0 Å². The highest BCUT2D eigenvalue weighted by Crippen LogP contribution is 2.32. The predicted octanol–water partition coefficient (Wildman–Crippen LogP) is 4.65. The molecule has 0 saturated carbocycles. The molecule has 0 spiro atoms. The van der Waals surface area contributed by atoms with Gasteiger partial charge in [-0.25, -0.2) is 0 Å². The maximum absolute atomic E-state index is 6.00. The Hall–Kier alpha value is -1.08. The molecule has 0 saturated heterocycles. The second-order valence-electron chi connectivity index (χ2n) is 2.50. The van der Waals surface area contributed by atoms with Crippen LogP contribution in [0.1, 0.15) is 25.0 Å². The molecule has 1 aromatic carbocycles. The van der Waals surface area contributed by atoms with E-state index in [1.54, 1.807) is 6.08 Å². The molecule has 0 bridgehead atoms. The van der Waals surface area contributed by atoms with Crippen LogP contribution < -0.4 is 0 Å². The van der Waals surface area contributed by atoms with Crippen molar-refractivity contribution in [3.8, 4) is 0 Å². The summed E-state index contributed by atoms with van der Waals surface area (Å²) < 4.78 is 0. The maximum Gasteiger partial charge on any atom is 0.0883 e. The standard InChI is InChI=1S/C10H10ClN.C2H6/c1-4-8-6-5-7(2)9(11)10(8)12-3;1-2/h4-6H,1,3H2,2H3;1-2H3. The van der Waals surface area contributed by atoms with Gasteiger partial charge in [0, 0.05) is 5.56 Å². The lowest BCUT2D eigenvalue weighted by atomic mass is 10.1. The molecule has 0 radical (unpaired) electrons. The minimum atomic E-state index is 0.655. The summed E-state index contributed by atoms with van der Waals surface area (Å²) in [6.07, 6.45) is 1.72. The van der Waals surface area contributed by atoms with E-state index < -0.39 is 0 Å². The Kier molecular flexibility index (Phi) is 5.89. The fraction of sp³-hybridized carbons (Fsp3) is 0.250. The number of aryl methyl sites for hydroxylation is 1. The van der Waals surface area contributed by atoms with E-state index in [0.29, 0.717) is 10.7 Å². The van der Waals surface area contributed by atoms with Gasteiger partial charge in [0.05, 0.1) is 10.7 Å². The highest BCUT2D eigenvalue weighted by molar-refractivity contribution is 6.34. The summed E-state index contributed by atoms with van der Waals surface area (Å²) in [5, 5.41) is 0.655. The first-order chi connectivity index (χ1) is 6.70. The van der Waals surface area contributed by atoms with Crippen LogP contribution in [0.5, 0.6) is 0 Å². The molecule has 1 aromatic rings. The van der Waals surface area contributed by atoms with Gasteiger partial charge in [0.15, 0.2) is 0 Å². The largest absolute Gasteiger partial charge is 0.262 e. The van der Waals surface area contributed by atoms with E-state index in [0.717, 1.165) is 11.1 Å². The summed E-state index contributed by atoms with van der Waals surface area (Å²) in [6.45, 7) is 13.1. The number of nitrogens with zero attached hydrogens (tertiary/aromatic N) is 1. The van der Waals surface area contributed by atoms with Crippen LogP contribution in [-0.4, -0.2) is 6.72 Å². The molecule has 1 nitrogen and oxygen atoms in total. The minimum Gasteiger partial charge on any atom is -0.262 e. The first kappa shape index (κ1) is 12.9. The molecule has 0 atom stereocenters. The smallest absolute Gasteiger partial charge is 0.0883 e. The predicted molar refractivity (Wildman–Crippen MR) is 66.8 cm³/mol.